The van der Waals surface area contributed by atoms with Crippen LogP contribution in [-0.4, -0.2) is 44.0 Å². The van der Waals surface area contributed by atoms with E-state index in [4.69, 9.17) is 0 Å². The van der Waals surface area contributed by atoms with Crippen molar-refractivity contribution in [3.63, 3.8) is 0 Å². The van der Waals surface area contributed by atoms with Crippen molar-refractivity contribution in [1.82, 2.24) is 10.2 Å². The molecule has 1 heterocycles. The fourth-order valence-electron chi connectivity index (χ4n) is 3.01. The number of hydrogen-bond acceptors (Lipinski definition) is 3. The molecule has 0 radical (unpaired) electrons. The van der Waals surface area contributed by atoms with Crippen LogP contribution in [0, 0.1) is 19.8 Å². The number of anilines is 1. The summed E-state index contributed by atoms with van der Waals surface area (Å²) in [7, 11) is 2.03. The number of halogens is 1. The number of amides is 1. The van der Waals surface area contributed by atoms with Crippen molar-refractivity contribution in [2.24, 2.45) is 5.92 Å². The Labute approximate surface area is 140 Å². The number of para-hydroxylation sites is 1. The number of hydrogen-bond donors (Lipinski definition) is 2. The largest absolute Gasteiger partial charge is 0.324 e. The van der Waals surface area contributed by atoms with Crippen molar-refractivity contribution in [3.05, 3.63) is 29.3 Å². The molecule has 1 aromatic rings. The average Bonchev–Trinajstić information content (AvgIpc) is 2.44. The standard InChI is InChI=1S/C17H27N3O.ClH/c1-13-5-4-6-14(2)17(13)19-16(21)12-20(3)11-15-7-9-18-10-8-15;/h4-6,15,18H,7-12H2,1-3H3,(H,19,21);1H. The van der Waals surface area contributed by atoms with E-state index in [1.165, 1.54) is 12.8 Å². The van der Waals surface area contributed by atoms with Gasteiger partial charge in [-0.05, 0) is 63.9 Å². The quantitative estimate of drug-likeness (QED) is 0.874. The summed E-state index contributed by atoms with van der Waals surface area (Å²) in [6, 6.07) is 6.08. The summed E-state index contributed by atoms with van der Waals surface area (Å²) in [5.74, 6) is 0.785. The van der Waals surface area contributed by atoms with E-state index in [2.05, 4.69) is 15.5 Å². The molecule has 1 fully saturated rings. The summed E-state index contributed by atoms with van der Waals surface area (Å²) in [5, 5.41) is 6.43. The Balaban J connectivity index is 0.00000242. The van der Waals surface area contributed by atoms with Crippen molar-refractivity contribution in [3.8, 4) is 0 Å². The third-order valence-corrected chi connectivity index (χ3v) is 4.19. The first-order chi connectivity index (χ1) is 10.1. The van der Waals surface area contributed by atoms with Gasteiger partial charge in [0.15, 0.2) is 0 Å². The highest BCUT2D eigenvalue weighted by molar-refractivity contribution is 5.93. The van der Waals surface area contributed by atoms with Gasteiger partial charge in [-0.1, -0.05) is 18.2 Å². The fourth-order valence-corrected chi connectivity index (χ4v) is 3.01. The van der Waals surface area contributed by atoms with Crippen LogP contribution in [0.3, 0.4) is 0 Å². The van der Waals surface area contributed by atoms with E-state index in [0.29, 0.717) is 12.5 Å². The van der Waals surface area contributed by atoms with Crippen molar-refractivity contribution >= 4 is 24.0 Å². The first-order valence-corrected chi connectivity index (χ1v) is 7.81. The summed E-state index contributed by atoms with van der Waals surface area (Å²) in [6.45, 7) is 7.72. The van der Waals surface area contributed by atoms with Gasteiger partial charge in [-0.3, -0.25) is 9.69 Å². The molecule has 1 aliphatic heterocycles. The number of carbonyl (C=O) groups excluding carboxylic acids is 1. The number of nitrogens with zero attached hydrogens (tertiary/aromatic N) is 1. The summed E-state index contributed by atoms with van der Waals surface area (Å²) < 4.78 is 0. The van der Waals surface area contributed by atoms with Gasteiger partial charge in [0, 0.05) is 12.2 Å². The van der Waals surface area contributed by atoms with Gasteiger partial charge in [-0.25, -0.2) is 0 Å². The lowest BCUT2D eigenvalue weighted by atomic mass is 9.98. The zero-order chi connectivity index (χ0) is 15.2. The summed E-state index contributed by atoms with van der Waals surface area (Å²) in [5.41, 5.74) is 3.19. The highest BCUT2D eigenvalue weighted by Crippen LogP contribution is 2.19. The van der Waals surface area contributed by atoms with Crippen molar-refractivity contribution in [1.29, 1.82) is 0 Å². The van der Waals surface area contributed by atoms with Gasteiger partial charge in [-0.2, -0.15) is 0 Å². The van der Waals surface area contributed by atoms with E-state index in [9.17, 15) is 4.79 Å². The van der Waals surface area contributed by atoms with Crippen LogP contribution in [0.2, 0.25) is 0 Å². The number of carbonyl (C=O) groups is 1. The molecule has 124 valence electrons. The van der Waals surface area contributed by atoms with Gasteiger partial charge in [0.2, 0.25) is 5.91 Å². The minimum Gasteiger partial charge on any atom is -0.324 e. The van der Waals surface area contributed by atoms with Gasteiger partial charge in [0.05, 0.1) is 6.54 Å². The number of likely N-dealkylation sites (N-methyl/N-ethyl adjacent to an activating group) is 1. The van der Waals surface area contributed by atoms with Crippen LogP contribution in [0.1, 0.15) is 24.0 Å². The normalized spacial score (nSPS) is 15.5. The van der Waals surface area contributed by atoms with Gasteiger partial charge < -0.3 is 10.6 Å². The SMILES string of the molecule is Cc1cccc(C)c1NC(=O)CN(C)CC1CCNCC1.Cl. The van der Waals surface area contributed by atoms with E-state index in [0.717, 1.165) is 36.4 Å². The van der Waals surface area contributed by atoms with Gasteiger partial charge in [-0.15, -0.1) is 12.4 Å². The van der Waals surface area contributed by atoms with Crippen LogP contribution in [0.4, 0.5) is 5.69 Å². The first-order valence-electron chi connectivity index (χ1n) is 7.81. The van der Waals surface area contributed by atoms with E-state index in [-0.39, 0.29) is 18.3 Å². The molecule has 0 atom stereocenters. The second-order valence-corrected chi connectivity index (χ2v) is 6.21. The molecule has 4 nitrogen and oxygen atoms in total. The molecule has 0 aromatic heterocycles. The smallest absolute Gasteiger partial charge is 0.238 e. The molecule has 5 heteroatoms. The number of benzene rings is 1. The van der Waals surface area contributed by atoms with Crippen molar-refractivity contribution in [2.75, 3.05) is 38.5 Å². The fraction of sp³-hybridized carbons (Fsp3) is 0.588. The summed E-state index contributed by atoms with van der Waals surface area (Å²) in [4.78, 5) is 14.3. The summed E-state index contributed by atoms with van der Waals surface area (Å²) in [6.07, 6.45) is 2.42. The highest BCUT2D eigenvalue weighted by Gasteiger charge is 2.17. The molecule has 1 aliphatic rings. The Morgan fingerprint density at radius 3 is 2.45 bits per heavy atom. The molecular formula is C17H28ClN3O. The van der Waals surface area contributed by atoms with Crippen LogP contribution in [0.5, 0.6) is 0 Å². The molecule has 0 bridgehead atoms. The Morgan fingerprint density at radius 2 is 1.86 bits per heavy atom. The molecule has 0 unspecified atom stereocenters. The van der Waals surface area contributed by atoms with Gasteiger partial charge in [0.1, 0.15) is 0 Å². The Hall–Kier alpha value is -1.10. The number of nitrogens with one attached hydrogen (secondary N) is 2. The Kier molecular flexibility index (Phi) is 7.87. The molecule has 1 aromatic carbocycles. The van der Waals surface area contributed by atoms with Crippen LogP contribution >= 0.6 is 12.4 Å². The second kappa shape index (κ2) is 9.13. The maximum atomic E-state index is 12.2. The zero-order valence-electron chi connectivity index (χ0n) is 13.8. The lowest BCUT2D eigenvalue weighted by molar-refractivity contribution is -0.117. The maximum Gasteiger partial charge on any atom is 0.238 e. The van der Waals surface area contributed by atoms with Crippen LogP contribution in [-0.2, 0) is 4.79 Å². The van der Waals surface area contributed by atoms with Gasteiger partial charge >= 0.3 is 0 Å². The molecular weight excluding hydrogens is 298 g/mol. The summed E-state index contributed by atoms with van der Waals surface area (Å²) >= 11 is 0. The van der Waals surface area contributed by atoms with Crippen molar-refractivity contribution < 1.29 is 4.79 Å². The molecule has 0 aliphatic carbocycles. The van der Waals surface area contributed by atoms with E-state index in [1.807, 2.05) is 39.1 Å². The zero-order valence-corrected chi connectivity index (χ0v) is 14.6. The minimum absolute atomic E-state index is 0. The van der Waals surface area contributed by atoms with E-state index < -0.39 is 0 Å². The number of rotatable bonds is 5. The van der Waals surface area contributed by atoms with Crippen molar-refractivity contribution in [2.45, 2.75) is 26.7 Å². The molecule has 22 heavy (non-hydrogen) atoms. The molecule has 2 N–H and O–H groups in total. The predicted molar refractivity (Wildman–Crippen MR) is 94.9 cm³/mol. The first kappa shape index (κ1) is 18.9. The Bertz CT molecular complexity index is 467. The molecule has 0 saturated carbocycles. The third-order valence-electron chi connectivity index (χ3n) is 4.19. The third kappa shape index (κ3) is 5.59. The molecule has 0 spiro atoms. The minimum atomic E-state index is 0. The number of piperidine rings is 1. The topological polar surface area (TPSA) is 44.4 Å². The predicted octanol–water partition coefficient (Wildman–Crippen LogP) is 2.60. The van der Waals surface area contributed by atoms with Crippen LogP contribution in [0.25, 0.3) is 0 Å². The molecule has 2 rings (SSSR count). The van der Waals surface area contributed by atoms with Gasteiger partial charge in [0.25, 0.3) is 0 Å². The monoisotopic (exact) mass is 325 g/mol. The lowest BCUT2D eigenvalue weighted by Gasteiger charge is -2.27. The second-order valence-electron chi connectivity index (χ2n) is 6.21. The Morgan fingerprint density at radius 1 is 1.27 bits per heavy atom. The maximum absolute atomic E-state index is 12.2. The number of aryl methyl sites for hydroxylation is 2. The molecule has 1 saturated heterocycles. The molecule has 1 amide bonds. The average molecular weight is 326 g/mol. The van der Waals surface area contributed by atoms with Crippen LogP contribution in [0.15, 0.2) is 18.2 Å². The highest BCUT2D eigenvalue weighted by atomic mass is 35.5. The van der Waals surface area contributed by atoms with E-state index >= 15 is 0 Å². The van der Waals surface area contributed by atoms with E-state index in [1.54, 1.807) is 0 Å². The van der Waals surface area contributed by atoms with Crippen LogP contribution < -0.4 is 10.6 Å². The lowest BCUT2D eigenvalue weighted by Crippen LogP contribution is -2.37.